The van der Waals surface area contributed by atoms with Crippen LogP contribution in [0.5, 0.6) is 11.5 Å². The van der Waals surface area contributed by atoms with Crippen molar-refractivity contribution in [2.45, 2.75) is 32.6 Å². The van der Waals surface area contributed by atoms with Crippen molar-refractivity contribution in [1.82, 2.24) is 5.32 Å². The normalized spacial score (nSPS) is 16.7. The number of ether oxygens (including phenoxy) is 2. The molecule has 4 nitrogen and oxygen atoms in total. The standard InChI is InChI=1S/C18H25NO3/c1-18(8-4-5-9-18)13-19-17(20)7-6-14-10-15(21-2)12-16(11-14)22-3/h6-7,10-12H,4-5,8-9,13H2,1-3H3,(H,19,20)/b7-6+. The van der Waals surface area contributed by atoms with E-state index in [-0.39, 0.29) is 11.3 Å². The Morgan fingerprint density at radius 1 is 1.18 bits per heavy atom. The minimum atomic E-state index is -0.0603. The maximum Gasteiger partial charge on any atom is 0.244 e. The van der Waals surface area contributed by atoms with Gasteiger partial charge in [0.15, 0.2) is 0 Å². The summed E-state index contributed by atoms with van der Waals surface area (Å²) in [5.41, 5.74) is 1.14. The van der Waals surface area contributed by atoms with Crippen molar-refractivity contribution < 1.29 is 14.3 Å². The Balaban J connectivity index is 1.94. The van der Waals surface area contributed by atoms with Crippen LogP contribution < -0.4 is 14.8 Å². The van der Waals surface area contributed by atoms with Crippen molar-refractivity contribution in [3.8, 4) is 11.5 Å². The molecule has 0 heterocycles. The number of carbonyl (C=O) groups excluding carboxylic acids is 1. The van der Waals surface area contributed by atoms with Crippen molar-refractivity contribution in [1.29, 1.82) is 0 Å². The molecule has 1 fully saturated rings. The van der Waals surface area contributed by atoms with Crippen molar-refractivity contribution in [3.05, 3.63) is 29.8 Å². The number of methoxy groups -OCH3 is 2. The van der Waals surface area contributed by atoms with Gasteiger partial charge < -0.3 is 14.8 Å². The Kier molecular flexibility index (Phi) is 5.47. The molecule has 1 aliphatic carbocycles. The molecule has 120 valence electrons. The minimum Gasteiger partial charge on any atom is -0.497 e. The molecule has 1 aromatic carbocycles. The highest BCUT2D eigenvalue weighted by Crippen LogP contribution is 2.36. The molecule has 0 aliphatic heterocycles. The number of hydrogen-bond acceptors (Lipinski definition) is 3. The highest BCUT2D eigenvalue weighted by Gasteiger charge is 2.28. The smallest absolute Gasteiger partial charge is 0.244 e. The molecule has 0 unspecified atom stereocenters. The second-order valence-electron chi connectivity index (χ2n) is 6.21. The first-order valence-corrected chi connectivity index (χ1v) is 7.74. The Morgan fingerprint density at radius 2 is 1.77 bits per heavy atom. The van der Waals surface area contributed by atoms with E-state index in [1.165, 1.54) is 25.7 Å². The third kappa shape index (κ3) is 4.52. The van der Waals surface area contributed by atoms with Crippen LogP contribution in [-0.2, 0) is 4.79 Å². The lowest BCUT2D eigenvalue weighted by Crippen LogP contribution is -2.33. The second-order valence-corrected chi connectivity index (χ2v) is 6.21. The predicted octanol–water partition coefficient (Wildman–Crippen LogP) is 3.41. The molecule has 0 spiro atoms. The number of amides is 1. The fourth-order valence-corrected chi connectivity index (χ4v) is 2.86. The lowest BCUT2D eigenvalue weighted by atomic mass is 9.89. The largest absolute Gasteiger partial charge is 0.497 e. The van der Waals surface area contributed by atoms with Gasteiger partial charge in [-0.25, -0.2) is 0 Å². The van der Waals surface area contributed by atoms with Gasteiger partial charge in [0.25, 0.3) is 0 Å². The number of benzene rings is 1. The van der Waals surface area contributed by atoms with Crippen molar-refractivity contribution >= 4 is 12.0 Å². The first-order chi connectivity index (χ1) is 10.5. The molecule has 1 N–H and O–H groups in total. The monoisotopic (exact) mass is 303 g/mol. The third-order valence-electron chi connectivity index (χ3n) is 4.30. The number of rotatable bonds is 6. The summed E-state index contributed by atoms with van der Waals surface area (Å²) in [7, 11) is 3.22. The quantitative estimate of drug-likeness (QED) is 0.819. The molecule has 0 aromatic heterocycles. The van der Waals surface area contributed by atoms with Crippen LogP contribution in [0.1, 0.15) is 38.2 Å². The van der Waals surface area contributed by atoms with Crippen LogP contribution in [-0.4, -0.2) is 26.7 Å². The topological polar surface area (TPSA) is 47.6 Å². The predicted molar refractivity (Wildman–Crippen MR) is 88.2 cm³/mol. The fraction of sp³-hybridized carbons (Fsp3) is 0.500. The van der Waals surface area contributed by atoms with Gasteiger partial charge in [-0.15, -0.1) is 0 Å². The van der Waals surface area contributed by atoms with Crippen LogP contribution in [0.2, 0.25) is 0 Å². The van der Waals surface area contributed by atoms with E-state index >= 15 is 0 Å². The lowest BCUT2D eigenvalue weighted by Gasteiger charge is -2.23. The molecule has 1 amide bonds. The number of nitrogens with one attached hydrogen (secondary N) is 1. The van der Waals surface area contributed by atoms with Crippen LogP contribution >= 0.6 is 0 Å². The molecule has 0 radical (unpaired) electrons. The van der Waals surface area contributed by atoms with Gasteiger partial charge in [-0.05, 0) is 42.0 Å². The van der Waals surface area contributed by atoms with Gasteiger partial charge in [-0.1, -0.05) is 19.8 Å². The van der Waals surface area contributed by atoms with Gasteiger partial charge >= 0.3 is 0 Å². The summed E-state index contributed by atoms with van der Waals surface area (Å²) in [6.45, 7) is 2.99. The number of carbonyl (C=O) groups is 1. The third-order valence-corrected chi connectivity index (χ3v) is 4.30. The molecule has 0 atom stereocenters. The summed E-state index contributed by atoms with van der Waals surface area (Å²) >= 11 is 0. The first kappa shape index (κ1) is 16.4. The van der Waals surface area contributed by atoms with E-state index in [9.17, 15) is 4.79 Å². The molecule has 22 heavy (non-hydrogen) atoms. The SMILES string of the molecule is COc1cc(/C=C/C(=O)NCC2(C)CCCC2)cc(OC)c1. The second kappa shape index (κ2) is 7.34. The van der Waals surface area contributed by atoms with Crippen LogP contribution in [0.15, 0.2) is 24.3 Å². The lowest BCUT2D eigenvalue weighted by molar-refractivity contribution is -0.116. The average Bonchev–Trinajstić information content (AvgIpc) is 2.97. The summed E-state index contributed by atoms with van der Waals surface area (Å²) in [6.07, 6.45) is 8.27. The Labute approximate surface area is 132 Å². The maximum atomic E-state index is 12.0. The van der Waals surface area contributed by atoms with E-state index < -0.39 is 0 Å². The van der Waals surface area contributed by atoms with Crippen LogP contribution in [0, 0.1) is 5.41 Å². The van der Waals surface area contributed by atoms with E-state index in [0.717, 1.165) is 12.1 Å². The van der Waals surface area contributed by atoms with Crippen LogP contribution in [0.25, 0.3) is 6.08 Å². The molecule has 1 aromatic rings. The van der Waals surface area contributed by atoms with Crippen LogP contribution in [0.3, 0.4) is 0 Å². The first-order valence-electron chi connectivity index (χ1n) is 7.74. The zero-order valence-electron chi connectivity index (χ0n) is 13.6. The fourth-order valence-electron chi connectivity index (χ4n) is 2.86. The van der Waals surface area contributed by atoms with Gasteiger partial charge in [-0.2, -0.15) is 0 Å². The summed E-state index contributed by atoms with van der Waals surface area (Å²) < 4.78 is 10.4. The minimum absolute atomic E-state index is 0.0603. The van der Waals surface area contributed by atoms with E-state index in [4.69, 9.17) is 9.47 Å². The highest BCUT2D eigenvalue weighted by molar-refractivity contribution is 5.91. The zero-order chi connectivity index (χ0) is 16.0. The average molecular weight is 303 g/mol. The van der Waals surface area contributed by atoms with Gasteiger partial charge in [-0.3, -0.25) is 4.79 Å². The molecule has 1 aliphatic rings. The zero-order valence-corrected chi connectivity index (χ0v) is 13.6. The van der Waals surface area contributed by atoms with Crippen LogP contribution in [0.4, 0.5) is 0 Å². The van der Waals surface area contributed by atoms with Gasteiger partial charge in [0.1, 0.15) is 11.5 Å². The highest BCUT2D eigenvalue weighted by atomic mass is 16.5. The summed E-state index contributed by atoms with van der Waals surface area (Å²) in [6, 6.07) is 5.54. The Hall–Kier alpha value is -1.97. The van der Waals surface area contributed by atoms with E-state index in [1.807, 2.05) is 12.1 Å². The Morgan fingerprint density at radius 3 is 2.32 bits per heavy atom. The van der Waals surface area contributed by atoms with Crippen molar-refractivity contribution in [3.63, 3.8) is 0 Å². The van der Waals surface area contributed by atoms with Crippen molar-refractivity contribution in [2.75, 3.05) is 20.8 Å². The summed E-state index contributed by atoms with van der Waals surface area (Å²) in [5.74, 6) is 1.35. The molecular weight excluding hydrogens is 278 g/mol. The van der Waals surface area contributed by atoms with E-state index in [1.54, 1.807) is 32.4 Å². The molecule has 0 bridgehead atoms. The van der Waals surface area contributed by atoms with E-state index in [0.29, 0.717) is 11.5 Å². The van der Waals surface area contributed by atoms with E-state index in [2.05, 4.69) is 12.2 Å². The van der Waals surface area contributed by atoms with Gasteiger partial charge in [0.05, 0.1) is 14.2 Å². The molecule has 0 saturated heterocycles. The molecular formula is C18H25NO3. The number of hydrogen-bond donors (Lipinski definition) is 1. The molecule has 4 heteroatoms. The molecule has 2 rings (SSSR count). The van der Waals surface area contributed by atoms with Crippen molar-refractivity contribution in [2.24, 2.45) is 5.41 Å². The van der Waals surface area contributed by atoms with Gasteiger partial charge in [0.2, 0.25) is 5.91 Å². The Bertz CT molecular complexity index is 523. The molecule has 1 saturated carbocycles. The summed E-state index contributed by atoms with van der Waals surface area (Å²) in [5, 5.41) is 3.00. The van der Waals surface area contributed by atoms with Gasteiger partial charge in [0, 0.05) is 18.7 Å². The maximum absolute atomic E-state index is 12.0. The summed E-state index contributed by atoms with van der Waals surface area (Å²) in [4.78, 5) is 12.0.